The Bertz CT molecular complexity index is 513. The van der Waals surface area contributed by atoms with Gasteiger partial charge in [-0.3, -0.25) is 0 Å². The molecule has 0 aliphatic rings. The summed E-state index contributed by atoms with van der Waals surface area (Å²) >= 11 is 0. The van der Waals surface area contributed by atoms with Gasteiger partial charge in [0.25, 0.3) is 0 Å². The Morgan fingerprint density at radius 2 is 1.24 bits per heavy atom. The smallest absolute Gasteiger partial charge is 0.237 e. The van der Waals surface area contributed by atoms with E-state index < -0.39 is 0 Å². The molecule has 0 saturated carbocycles. The Morgan fingerprint density at radius 3 is 1.67 bits per heavy atom. The van der Waals surface area contributed by atoms with Crippen LogP contribution in [0.25, 0.3) is 0 Å². The molecule has 112 valence electrons. The Kier molecular flexibility index (Phi) is 5.63. The van der Waals surface area contributed by atoms with Gasteiger partial charge in [0.05, 0.1) is 24.6 Å². The first-order valence-electron chi connectivity index (χ1n) is 6.94. The van der Waals surface area contributed by atoms with Crippen LogP contribution in [0.1, 0.15) is 19.3 Å². The van der Waals surface area contributed by atoms with E-state index in [4.69, 9.17) is 20.9 Å². The van der Waals surface area contributed by atoms with Crippen molar-refractivity contribution in [2.24, 2.45) is 0 Å². The van der Waals surface area contributed by atoms with Crippen LogP contribution in [0, 0.1) is 0 Å². The van der Waals surface area contributed by atoms with Crippen LogP contribution in [-0.4, -0.2) is 23.2 Å². The van der Waals surface area contributed by atoms with Crippen molar-refractivity contribution in [2.45, 2.75) is 19.3 Å². The first-order valence-corrected chi connectivity index (χ1v) is 6.94. The number of pyridine rings is 2. The number of anilines is 2. The standard InChI is InChI=1S/C15H20N4O2/c16-12-6-4-8-18-14(12)20-10-2-1-3-11-21-15-13(17)7-5-9-19-15/h4-9H,1-3,10-11,16-17H2. The zero-order valence-corrected chi connectivity index (χ0v) is 11.9. The van der Waals surface area contributed by atoms with Gasteiger partial charge >= 0.3 is 0 Å². The van der Waals surface area contributed by atoms with E-state index in [2.05, 4.69) is 9.97 Å². The van der Waals surface area contributed by atoms with Gasteiger partial charge in [0.15, 0.2) is 0 Å². The Morgan fingerprint density at radius 1 is 0.762 bits per heavy atom. The minimum absolute atomic E-state index is 0.495. The Balaban J connectivity index is 1.57. The van der Waals surface area contributed by atoms with E-state index in [0.717, 1.165) is 19.3 Å². The topological polar surface area (TPSA) is 96.3 Å². The second-order valence-electron chi connectivity index (χ2n) is 4.55. The highest BCUT2D eigenvalue weighted by Gasteiger charge is 2.01. The predicted octanol–water partition coefficient (Wildman–Crippen LogP) is 2.27. The van der Waals surface area contributed by atoms with Gasteiger partial charge in [-0.05, 0) is 43.5 Å². The van der Waals surface area contributed by atoms with E-state index in [1.807, 2.05) is 0 Å². The number of hydrogen-bond donors (Lipinski definition) is 2. The Labute approximate surface area is 124 Å². The summed E-state index contributed by atoms with van der Waals surface area (Å²) in [7, 11) is 0. The van der Waals surface area contributed by atoms with Crippen molar-refractivity contribution in [3.8, 4) is 11.8 Å². The summed E-state index contributed by atoms with van der Waals surface area (Å²) in [6.45, 7) is 1.18. The molecule has 0 radical (unpaired) electrons. The van der Waals surface area contributed by atoms with Crippen molar-refractivity contribution in [2.75, 3.05) is 24.7 Å². The molecule has 0 aliphatic heterocycles. The van der Waals surface area contributed by atoms with Crippen LogP contribution in [0.2, 0.25) is 0 Å². The van der Waals surface area contributed by atoms with E-state index in [1.165, 1.54) is 0 Å². The molecule has 0 fully saturated rings. The van der Waals surface area contributed by atoms with Crippen LogP contribution >= 0.6 is 0 Å². The van der Waals surface area contributed by atoms with Crippen LogP contribution in [0.15, 0.2) is 36.7 Å². The lowest BCUT2D eigenvalue weighted by molar-refractivity contribution is 0.271. The minimum atomic E-state index is 0.495. The molecule has 0 aliphatic carbocycles. The molecule has 0 aromatic carbocycles. The van der Waals surface area contributed by atoms with E-state index in [1.54, 1.807) is 36.7 Å². The van der Waals surface area contributed by atoms with Gasteiger partial charge in [-0.25, -0.2) is 9.97 Å². The fourth-order valence-corrected chi connectivity index (χ4v) is 1.77. The second kappa shape index (κ2) is 7.94. The summed E-state index contributed by atoms with van der Waals surface area (Å²) in [6, 6.07) is 7.10. The minimum Gasteiger partial charge on any atom is -0.476 e. The van der Waals surface area contributed by atoms with Crippen molar-refractivity contribution in [1.29, 1.82) is 0 Å². The van der Waals surface area contributed by atoms with Crippen molar-refractivity contribution in [3.63, 3.8) is 0 Å². The van der Waals surface area contributed by atoms with Gasteiger partial charge in [-0.2, -0.15) is 0 Å². The number of ether oxygens (including phenoxy) is 2. The molecular formula is C15H20N4O2. The molecule has 6 nitrogen and oxygen atoms in total. The van der Waals surface area contributed by atoms with Crippen molar-refractivity contribution < 1.29 is 9.47 Å². The number of rotatable bonds is 8. The van der Waals surface area contributed by atoms with E-state index in [9.17, 15) is 0 Å². The average Bonchev–Trinajstić information content (AvgIpc) is 2.50. The summed E-state index contributed by atoms with van der Waals surface area (Å²) in [5, 5.41) is 0. The van der Waals surface area contributed by atoms with Gasteiger partial charge in [0, 0.05) is 12.4 Å². The lowest BCUT2D eigenvalue weighted by Crippen LogP contribution is -2.04. The zero-order chi connectivity index (χ0) is 14.9. The van der Waals surface area contributed by atoms with Gasteiger partial charge in [-0.15, -0.1) is 0 Å². The first kappa shape index (κ1) is 14.9. The molecule has 0 bridgehead atoms. The molecular weight excluding hydrogens is 268 g/mol. The normalized spacial score (nSPS) is 10.3. The summed E-state index contributed by atoms with van der Waals surface area (Å²) < 4.78 is 11.0. The maximum absolute atomic E-state index is 5.74. The van der Waals surface area contributed by atoms with Crippen molar-refractivity contribution in [3.05, 3.63) is 36.7 Å². The number of nitrogen functional groups attached to an aromatic ring is 2. The number of nitrogens with two attached hydrogens (primary N) is 2. The largest absolute Gasteiger partial charge is 0.476 e. The molecule has 4 N–H and O–H groups in total. The number of hydrogen-bond acceptors (Lipinski definition) is 6. The summed E-state index contributed by atoms with van der Waals surface area (Å²) in [5.74, 6) is 0.991. The average molecular weight is 288 g/mol. The molecule has 2 aromatic rings. The molecule has 2 rings (SSSR count). The maximum atomic E-state index is 5.74. The monoisotopic (exact) mass is 288 g/mol. The summed E-state index contributed by atoms with van der Waals surface area (Å²) in [6.07, 6.45) is 6.14. The molecule has 6 heteroatoms. The highest BCUT2D eigenvalue weighted by molar-refractivity contribution is 5.47. The van der Waals surface area contributed by atoms with E-state index in [0.29, 0.717) is 36.3 Å². The zero-order valence-electron chi connectivity index (χ0n) is 11.9. The van der Waals surface area contributed by atoms with Crippen LogP contribution in [0.4, 0.5) is 11.4 Å². The number of aromatic nitrogens is 2. The highest BCUT2D eigenvalue weighted by atomic mass is 16.5. The quantitative estimate of drug-likeness (QED) is 0.723. The van der Waals surface area contributed by atoms with E-state index in [-0.39, 0.29) is 0 Å². The molecule has 0 saturated heterocycles. The van der Waals surface area contributed by atoms with Gasteiger partial charge < -0.3 is 20.9 Å². The molecule has 21 heavy (non-hydrogen) atoms. The van der Waals surface area contributed by atoms with Crippen molar-refractivity contribution >= 4 is 11.4 Å². The van der Waals surface area contributed by atoms with Gasteiger partial charge in [-0.1, -0.05) is 0 Å². The van der Waals surface area contributed by atoms with Crippen LogP contribution in [0.3, 0.4) is 0 Å². The molecule has 0 amide bonds. The molecule has 2 aromatic heterocycles. The van der Waals surface area contributed by atoms with Crippen LogP contribution in [-0.2, 0) is 0 Å². The van der Waals surface area contributed by atoms with Crippen molar-refractivity contribution in [1.82, 2.24) is 9.97 Å². The lowest BCUT2D eigenvalue weighted by atomic mass is 10.2. The van der Waals surface area contributed by atoms with E-state index >= 15 is 0 Å². The lowest BCUT2D eigenvalue weighted by Gasteiger charge is -2.08. The van der Waals surface area contributed by atoms with Gasteiger partial charge in [0.1, 0.15) is 0 Å². The first-order chi connectivity index (χ1) is 10.3. The number of unbranched alkanes of at least 4 members (excludes halogenated alkanes) is 2. The fourth-order valence-electron chi connectivity index (χ4n) is 1.77. The Hall–Kier alpha value is -2.50. The van der Waals surface area contributed by atoms with Crippen LogP contribution in [0.5, 0.6) is 11.8 Å². The maximum Gasteiger partial charge on any atom is 0.237 e. The summed E-state index contributed by atoms with van der Waals surface area (Å²) in [4.78, 5) is 8.14. The summed E-state index contributed by atoms with van der Waals surface area (Å²) in [5.41, 5.74) is 12.6. The fraction of sp³-hybridized carbons (Fsp3) is 0.333. The van der Waals surface area contributed by atoms with Crippen LogP contribution < -0.4 is 20.9 Å². The molecule has 0 atom stereocenters. The SMILES string of the molecule is Nc1cccnc1OCCCCCOc1ncccc1N. The van der Waals surface area contributed by atoms with Gasteiger partial charge in [0.2, 0.25) is 11.8 Å². The predicted molar refractivity (Wildman–Crippen MR) is 82.1 cm³/mol. The third kappa shape index (κ3) is 4.83. The molecule has 0 unspecified atom stereocenters. The third-order valence-corrected chi connectivity index (χ3v) is 2.87. The third-order valence-electron chi connectivity index (χ3n) is 2.87. The molecule has 0 spiro atoms. The highest BCUT2D eigenvalue weighted by Crippen LogP contribution is 2.17. The number of nitrogens with zero attached hydrogens (tertiary/aromatic N) is 2. The second-order valence-corrected chi connectivity index (χ2v) is 4.55. The molecule has 2 heterocycles.